The highest BCUT2D eigenvalue weighted by Crippen LogP contribution is 2.29. The summed E-state index contributed by atoms with van der Waals surface area (Å²) in [5.74, 6) is 0.780. The fourth-order valence-corrected chi connectivity index (χ4v) is 3.01. The van der Waals surface area contributed by atoms with Crippen molar-refractivity contribution < 1.29 is 4.74 Å². The summed E-state index contributed by atoms with van der Waals surface area (Å²) in [4.78, 5) is 2.52. The van der Waals surface area contributed by atoms with E-state index in [1.54, 1.807) is 0 Å². The maximum absolute atomic E-state index is 6.29. The predicted octanol–water partition coefficient (Wildman–Crippen LogP) is 4.42. The van der Waals surface area contributed by atoms with Crippen LogP contribution < -0.4 is 10.1 Å². The van der Waals surface area contributed by atoms with Gasteiger partial charge in [0, 0.05) is 18.3 Å². The lowest BCUT2D eigenvalue weighted by Gasteiger charge is -2.19. The van der Waals surface area contributed by atoms with Crippen LogP contribution in [0.5, 0.6) is 5.75 Å². The molecule has 1 aliphatic heterocycles. The fourth-order valence-electron chi connectivity index (χ4n) is 2.77. The molecular formula is C17H27ClN2O. The van der Waals surface area contributed by atoms with Gasteiger partial charge >= 0.3 is 0 Å². The van der Waals surface area contributed by atoms with Gasteiger partial charge in [0.2, 0.25) is 0 Å². The van der Waals surface area contributed by atoms with Gasteiger partial charge in [-0.05, 0) is 57.0 Å². The van der Waals surface area contributed by atoms with Crippen molar-refractivity contribution in [1.29, 1.82) is 0 Å². The highest BCUT2D eigenvalue weighted by Gasteiger charge is 2.16. The summed E-state index contributed by atoms with van der Waals surface area (Å²) in [6.07, 6.45) is 4.67. The lowest BCUT2D eigenvalue weighted by molar-refractivity contribution is 0.300. The summed E-state index contributed by atoms with van der Waals surface area (Å²) >= 11 is 6.29. The molecule has 0 bridgehead atoms. The Hall–Kier alpha value is -0.930. The van der Waals surface area contributed by atoms with E-state index in [1.165, 1.54) is 32.4 Å². The van der Waals surface area contributed by atoms with E-state index in [0.29, 0.717) is 17.7 Å². The fraction of sp³-hybridized carbons (Fsp3) is 0.647. The van der Waals surface area contributed by atoms with E-state index in [4.69, 9.17) is 16.3 Å². The summed E-state index contributed by atoms with van der Waals surface area (Å²) in [5.41, 5.74) is 1.10. The summed E-state index contributed by atoms with van der Waals surface area (Å²) in [6.45, 7) is 8.60. The van der Waals surface area contributed by atoms with Crippen molar-refractivity contribution in [2.75, 3.05) is 31.6 Å². The van der Waals surface area contributed by atoms with Crippen molar-refractivity contribution in [2.45, 2.75) is 45.6 Å². The number of benzene rings is 1. The quantitative estimate of drug-likeness (QED) is 0.842. The Bertz CT molecular complexity index is 439. The summed E-state index contributed by atoms with van der Waals surface area (Å²) in [7, 11) is 0. The Kier molecular flexibility index (Phi) is 6.65. The molecule has 4 heteroatoms. The first-order valence-electron chi connectivity index (χ1n) is 8.14. The molecule has 1 fully saturated rings. The molecule has 0 saturated carbocycles. The lowest BCUT2D eigenvalue weighted by atomic mass is 10.1. The summed E-state index contributed by atoms with van der Waals surface area (Å²) in [5, 5.41) is 4.31. The van der Waals surface area contributed by atoms with Gasteiger partial charge in [-0.1, -0.05) is 25.4 Å². The molecule has 1 saturated heterocycles. The largest absolute Gasteiger partial charge is 0.492 e. The third kappa shape index (κ3) is 5.08. The Morgan fingerprint density at radius 3 is 2.86 bits per heavy atom. The first-order valence-corrected chi connectivity index (χ1v) is 8.52. The van der Waals surface area contributed by atoms with E-state index >= 15 is 0 Å². The monoisotopic (exact) mass is 310 g/mol. The van der Waals surface area contributed by atoms with Crippen LogP contribution in [0.1, 0.15) is 39.5 Å². The van der Waals surface area contributed by atoms with Crippen LogP contribution >= 0.6 is 11.6 Å². The average Bonchev–Trinajstić information content (AvgIpc) is 2.71. The van der Waals surface area contributed by atoms with Crippen LogP contribution in [0.4, 0.5) is 5.69 Å². The minimum absolute atomic E-state index is 0.542. The first-order chi connectivity index (χ1) is 10.2. The SMILES string of the molecule is CCCOc1ccc(NC2CCCN(CC)CC2)cc1Cl. The molecule has 0 radical (unpaired) electrons. The number of hydrogen-bond acceptors (Lipinski definition) is 3. The molecule has 0 aliphatic carbocycles. The van der Waals surface area contributed by atoms with E-state index in [0.717, 1.165) is 24.4 Å². The Labute approximate surface area is 133 Å². The van der Waals surface area contributed by atoms with Gasteiger partial charge in [-0.3, -0.25) is 0 Å². The van der Waals surface area contributed by atoms with Crippen molar-refractivity contribution in [3.63, 3.8) is 0 Å². The van der Waals surface area contributed by atoms with Gasteiger partial charge in [0.1, 0.15) is 5.75 Å². The van der Waals surface area contributed by atoms with E-state index < -0.39 is 0 Å². The number of nitrogens with one attached hydrogen (secondary N) is 1. The van der Waals surface area contributed by atoms with Crippen molar-refractivity contribution in [1.82, 2.24) is 4.90 Å². The minimum Gasteiger partial charge on any atom is -0.492 e. The second kappa shape index (κ2) is 8.50. The second-order valence-electron chi connectivity index (χ2n) is 5.70. The molecular weight excluding hydrogens is 284 g/mol. The zero-order valence-electron chi connectivity index (χ0n) is 13.2. The van der Waals surface area contributed by atoms with Gasteiger partial charge in [0.15, 0.2) is 0 Å². The van der Waals surface area contributed by atoms with E-state index in [-0.39, 0.29) is 0 Å². The molecule has 1 heterocycles. The zero-order valence-corrected chi connectivity index (χ0v) is 14.0. The molecule has 1 unspecified atom stereocenters. The van der Waals surface area contributed by atoms with Crippen molar-refractivity contribution in [3.8, 4) is 5.75 Å². The molecule has 21 heavy (non-hydrogen) atoms. The van der Waals surface area contributed by atoms with Crippen molar-refractivity contribution in [2.24, 2.45) is 0 Å². The smallest absolute Gasteiger partial charge is 0.138 e. The number of halogens is 1. The van der Waals surface area contributed by atoms with E-state index in [2.05, 4.69) is 30.1 Å². The number of nitrogens with zero attached hydrogens (tertiary/aromatic N) is 1. The normalized spacial score (nSPS) is 20.0. The maximum Gasteiger partial charge on any atom is 0.138 e. The van der Waals surface area contributed by atoms with Crippen LogP contribution in [-0.4, -0.2) is 37.2 Å². The Morgan fingerprint density at radius 1 is 1.29 bits per heavy atom. The molecule has 1 N–H and O–H groups in total. The standard InChI is InChI=1S/C17H27ClN2O/c1-3-12-21-17-8-7-15(13-16(17)18)19-14-6-5-10-20(4-2)11-9-14/h7-8,13-14,19H,3-6,9-12H2,1-2H3. The number of rotatable bonds is 6. The highest BCUT2D eigenvalue weighted by atomic mass is 35.5. The number of hydrogen-bond donors (Lipinski definition) is 1. The third-order valence-electron chi connectivity index (χ3n) is 4.03. The molecule has 118 valence electrons. The van der Waals surface area contributed by atoms with Crippen LogP contribution in [0.15, 0.2) is 18.2 Å². The minimum atomic E-state index is 0.542. The maximum atomic E-state index is 6.29. The Balaban J connectivity index is 1.92. The molecule has 1 aromatic rings. The van der Waals surface area contributed by atoms with Gasteiger partial charge in [0.05, 0.1) is 11.6 Å². The topological polar surface area (TPSA) is 24.5 Å². The number of ether oxygens (including phenoxy) is 1. The molecule has 1 aromatic carbocycles. The zero-order chi connectivity index (χ0) is 15.1. The molecule has 0 spiro atoms. The molecule has 1 atom stereocenters. The third-order valence-corrected chi connectivity index (χ3v) is 4.33. The van der Waals surface area contributed by atoms with Crippen LogP contribution in [0.2, 0.25) is 5.02 Å². The van der Waals surface area contributed by atoms with E-state index in [9.17, 15) is 0 Å². The van der Waals surface area contributed by atoms with Gasteiger partial charge in [0.25, 0.3) is 0 Å². The number of likely N-dealkylation sites (tertiary alicyclic amines) is 1. The van der Waals surface area contributed by atoms with E-state index in [1.807, 2.05) is 12.1 Å². The lowest BCUT2D eigenvalue weighted by Crippen LogP contribution is -2.26. The Morgan fingerprint density at radius 2 is 2.14 bits per heavy atom. The molecule has 2 rings (SSSR count). The molecule has 3 nitrogen and oxygen atoms in total. The van der Waals surface area contributed by atoms with Gasteiger partial charge in [-0.15, -0.1) is 0 Å². The molecule has 0 aromatic heterocycles. The van der Waals surface area contributed by atoms with Crippen LogP contribution in [0.3, 0.4) is 0 Å². The van der Waals surface area contributed by atoms with Gasteiger partial charge < -0.3 is 15.0 Å². The van der Waals surface area contributed by atoms with Crippen LogP contribution in [0.25, 0.3) is 0 Å². The predicted molar refractivity (Wildman–Crippen MR) is 90.6 cm³/mol. The summed E-state index contributed by atoms with van der Waals surface area (Å²) in [6, 6.07) is 6.56. The summed E-state index contributed by atoms with van der Waals surface area (Å²) < 4.78 is 5.61. The van der Waals surface area contributed by atoms with Crippen molar-refractivity contribution in [3.05, 3.63) is 23.2 Å². The highest BCUT2D eigenvalue weighted by molar-refractivity contribution is 6.32. The van der Waals surface area contributed by atoms with Gasteiger partial charge in [-0.2, -0.15) is 0 Å². The first kappa shape index (κ1) is 16.4. The number of anilines is 1. The molecule has 1 aliphatic rings. The average molecular weight is 311 g/mol. The second-order valence-corrected chi connectivity index (χ2v) is 6.11. The van der Waals surface area contributed by atoms with Crippen LogP contribution in [0, 0.1) is 0 Å². The van der Waals surface area contributed by atoms with Crippen molar-refractivity contribution >= 4 is 17.3 Å². The molecule has 0 amide bonds. The van der Waals surface area contributed by atoms with Crippen LogP contribution in [-0.2, 0) is 0 Å². The van der Waals surface area contributed by atoms with Gasteiger partial charge in [-0.25, -0.2) is 0 Å².